The Labute approximate surface area is 182 Å². The topological polar surface area (TPSA) is 69.3 Å². The van der Waals surface area contributed by atoms with Crippen LogP contribution in [0, 0.1) is 0 Å². The van der Waals surface area contributed by atoms with E-state index in [1.54, 1.807) is 32.3 Å². The molecule has 5 rings (SSSR count). The standard InChI is InChI=1S/C23H21F3N4O2/c1-21(2)19(31)30(16-5-3-15(4-6-16)22(9-10-22)23(24,25)26)20(32)29(21)13-14-7-11-27-18-17(14)8-12-28-18/h3-8,11-12H,9-10,13H2,1-2H3,(H,27,28). The van der Waals surface area contributed by atoms with E-state index in [9.17, 15) is 22.8 Å². The number of pyridine rings is 1. The molecule has 1 saturated carbocycles. The molecule has 1 saturated heterocycles. The van der Waals surface area contributed by atoms with E-state index in [4.69, 9.17) is 0 Å². The number of imide groups is 1. The lowest BCUT2D eigenvalue weighted by atomic mass is 9.95. The van der Waals surface area contributed by atoms with E-state index in [0.29, 0.717) is 5.65 Å². The number of nitrogens with one attached hydrogen (secondary N) is 1. The van der Waals surface area contributed by atoms with E-state index in [1.165, 1.54) is 29.2 Å². The number of hydrogen-bond acceptors (Lipinski definition) is 3. The first kappa shape index (κ1) is 20.5. The number of amides is 3. The minimum absolute atomic E-state index is 0.0534. The van der Waals surface area contributed by atoms with Crippen molar-refractivity contribution in [3.05, 3.63) is 59.9 Å². The second-order valence-corrected chi connectivity index (χ2v) is 8.91. The number of urea groups is 1. The van der Waals surface area contributed by atoms with Crippen LogP contribution in [0.5, 0.6) is 0 Å². The van der Waals surface area contributed by atoms with Gasteiger partial charge in [-0.05, 0) is 62.1 Å². The number of aromatic amines is 1. The fraction of sp³-hybridized carbons (Fsp3) is 0.348. The van der Waals surface area contributed by atoms with Crippen molar-refractivity contribution >= 4 is 28.7 Å². The van der Waals surface area contributed by atoms with Crippen LogP contribution in [0.4, 0.5) is 23.7 Å². The normalized spacial score (nSPS) is 19.8. The lowest BCUT2D eigenvalue weighted by Gasteiger charge is -2.27. The van der Waals surface area contributed by atoms with Gasteiger partial charge in [0, 0.05) is 24.3 Å². The molecule has 0 bridgehead atoms. The predicted octanol–water partition coefficient (Wildman–Crippen LogP) is 4.90. The number of halogens is 3. The smallest absolute Gasteiger partial charge is 0.346 e. The number of carbonyl (C=O) groups excluding carboxylic acids is 2. The molecule has 32 heavy (non-hydrogen) atoms. The third-order valence-electron chi connectivity index (χ3n) is 6.67. The Morgan fingerprint density at radius 1 is 1.06 bits per heavy atom. The van der Waals surface area contributed by atoms with Gasteiger partial charge in [0.25, 0.3) is 5.91 Å². The second-order valence-electron chi connectivity index (χ2n) is 8.91. The predicted molar refractivity (Wildman–Crippen MR) is 112 cm³/mol. The third kappa shape index (κ3) is 2.83. The summed E-state index contributed by atoms with van der Waals surface area (Å²) in [6.07, 6.45) is -0.824. The van der Waals surface area contributed by atoms with Gasteiger partial charge in [0.05, 0.1) is 11.1 Å². The molecule has 3 amide bonds. The van der Waals surface area contributed by atoms with Crippen molar-refractivity contribution in [2.75, 3.05) is 4.90 Å². The molecule has 3 heterocycles. The molecule has 3 aromatic rings. The molecule has 2 aromatic heterocycles. The van der Waals surface area contributed by atoms with Crippen LogP contribution < -0.4 is 4.90 Å². The SMILES string of the molecule is CC1(C)C(=O)N(c2ccc(C3(C(F)(F)F)CC3)cc2)C(=O)N1Cc1ccnc2[nH]ccc12. The van der Waals surface area contributed by atoms with Crippen molar-refractivity contribution in [2.45, 2.75) is 50.4 Å². The van der Waals surface area contributed by atoms with E-state index in [1.807, 2.05) is 6.07 Å². The highest BCUT2D eigenvalue weighted by atomic mass is 19.4. The Kier molecular flexibility index (Phi) is 4.22. The monoisotopic (exact) mass is 442 g/mol. The van der Waals surface area contributed by atoms with E-state index in [2.05, 4.69) is 9.97 Å². The van der Waals surface area contributed by atoms with E-state index in [0.717, 1.165) is 15.8 Å². The van der Waals surface area contributed by atoms with Gasteiger partial charge in [0.2, 0.25) is 0 Å². The summed E-state index contributed by atoms with van der Waals surface area (Å²) in [5.74, 6) is -0.424. The molecule has 166 valence electrons. The van der Waals surface area contributed by atoms with Gasteiger partial charge in [-0.3, -0.25) is 4.79 Å². The van der Waals surface area contributed by atoms with Gasteiger partial charge >= 0.3 is 12.2 Å². The molecular formula is C23H21F3N4O2. The van der Waals surface area contributed by atoms with Crippen molar-refractivity contribution in [3.8, 4) is 0 Å². The molecule has 1 N–H and O–H groups in total. The summed E-state index contributed by atoms with van der Waals surface area (Å²) in [5, 5.41) is 0.855. The van der Waals surface area contributed by atoms with Gasteiger partial charge in [-0.15, -0.1) is 0 Å². The van der Waals surface area contributed by atoms with Gasteiger partial charge in [-0.25, -0.2) is 14.7 Å². The lowest BCUT2D eigenvalue weighted by molar-refractivity contribution is -0.160. The summed E-state index contributed by atoms with van der Waals surface area (Å²) in [7, 11) is 0. The van der Waals surface area contributed by atoms with Crippen molar-refractivity contribution in [3.63, 3.8) is 0 Å². The first-order chi connectivity index (χ1) is 15.1. The number of benzene rings is 1. The summed E-state index contributed by atoms with van der Waals surface area (Å²) >= 11 is 0. The maximum absolute atomic E-state index is 13.4. The molecular weight excluding hydrogens is 421 g/mol. The van der Waals surface area contributed by atoms with Crippen molar-refractivity contribution in [2.24, 2.45) is 0 Å². The van der Waals surface area contributed by atoms with Crippen molar-refractivity contribution in [1.82, 2.24) is 14.9 Å². The van der Waals surface area contributed by atoms with Gasteiger partial charge in [-0.1, -0.05) is 12.1 Å². The number of hydrogen-bond donors (Lipinski definition) is 1. The number of anilines is 1. The zero-order valence-electron chi connectivity index (χ0n) is 17.5. The van der Waals surface area contributed by atoms with Gasteiger partial charge in [0.1, 0.15) is 11.2 Å². The Morgan fingerprint density at radius 2 is 1.75 bits per heavy atom. The molecule has 6 nitrogen and oxygen atoms in total. The van der Waals surface area contributed by atoms with Crippen LogP contribution >= 0.6 is 0 Å². The molecule has 2 aliphatic rings. The molecule has 0 atom stereocenters. The average molecular weight is 442 g/mol. The van der Waals surface area contributed by atoms with E-state index < -0.39 is 29.1 Å². The molecule has 1 aliphatic carbocycles. The van der Waals surface area contributed by atoms with Gasteiger partial charge in [0.15, 0.2) is 0 Å². The highest BCUT2D eigenvalue weighted by molar-refractivity contribution is 6.23. The molecule has 0 unspecified atom stereocenters. The Balaban J connectivity index is 1.45. The molecule has 0 spiro atoms. The number of rotatable bonds is 4. The number of alkyl halides is 3. The Morgan fingerprint density at radius 3 is 2.38 bits per heavy atom. The fourth-order valence-corrected chi connectivity index (χ4v) is 4.45. The summed E-state index contributed by atoms with van der Waals surface area (Å²) < 4.78 is 40.3. The first-order valence-corrected chi connectivity index (χ1v) is 10.3. The van der Waals surface area contributed by atoms with Crippen LogP contribution in [0.2, 0.25) is 0 Å². The molecule has 1 aromatic carbocycles. The summed E-state index contributed by atoms with van der Waals surface area (Å²) in [4.78, 5) is 36.3. The number of H-pyrrole nitrogens is 1. The largest absolute Gasteiger partial charge is 0.398 e. The minimum Gasteiger partial charge on any atom is -0.346 e. The Hall–Kier alpha value is -3.36. The van der Waals surface area contributed by atoms with Crippen molar-refractivity contribution < 1.29 is 22.8 Å². The highest BCUT2D eigenvalue weighted by Gasteiger charge is 2.64. The molecule has 2 fully saturated rings. The minimum atomic E-state index is -4.32. The maximum atomic E-state index is 13.4. The number of carbonyl (C=O) groups is 2. The van der Waals surface area contributed by atoms with Crippen molar-refractivity contribution in [1.29, 1.82) is 0 Å². The van der Waals surface area contributed by atoms with Gasteiger partial charge in [-0.2, -0.15) is 13.2 Å². The second kappa shape index (κ2) is 6.57. The highest BCUT2D eigenvalue weighted by Crippen LogP contribution is 2.59. The molecule has 0 radical (unpaired) electrons. The van der Waals surface area contributed by atoms with Crippen LogP contribution in [0.3, 0.4) is 0 Å². The third-order valence-corrected chi connectivity index (χ3v) is 6.67. The average Bonchev–Trinajstić information content (AvgIpc) is 3.39. The summed E-state index contributed by atoms with van der Waals surface area (Å²) in [6.45, 7) is 3.53. The number of fused-ring (bicyclic) bond motifs is 1. The zero-order chi connectivity index (χ0) is 22.9. The van der Waals surface area contributed by atoms with Crippen LogP contribution in [-0.4, -0.2) is 38.5 Å². The first-order valence-electron chi connectivity index (χ1n) is 10.3. The maximum Gasteiger partial charge on any atom is 0.398 e. The van der Waals surface area contributed by atoms with Crippen LogP contribution in [0.15, 0.2) is 48.8 Å². The fourth-order valence-electron chi connectivity index (χ4n) is 4.45. The quantitative estimate of drug-likeness (QED) is 0.584. The van der Waals surface area contributed by atoms with Crippen LogP contribution in [0.25, 0.3) is 11.0 Å². The van der Waals surface area contributed by atoms with Gasteiger partial charge < -0.3 is 9.88 Å². The summed E-state index contributed by atoms with van der Waals surface area (Å²) in [6, 6.07) is 8.74. The number of aromatic nitrogens is 2. The number of nitrogens with zero attached hydrogens (tertiary/aromatic N) is 3. The van der Waals surface area contributed by atoms with Crippen LogP contribution in [-0.2, 0) is 16.8 Å². The Bertz CT molecular complexity index is 1230. The molecule has 9 heteroatoms. The zero-order valence-corrected chi connectivity index (χ0v) is 17.5. The van der Waals surface area contributed by atoms with E-state index in [-0.39, 0.29) is 30.6 Å². The van der Waals surface area contributed by atoms with E-state index >= 15 is 0 Å². The summed E-state index contributed by atoms with van der Waals surface area (Å²) in [5.41, 5.74) is -0.980. The van der Waals surface area contributed by atoms with Crippen LogP contribution in [0.1, 0.15) is 37.8 Å². The molecule has 1 aliphatic heterocycles. The lowest BCUT2D eigenvalue weighted by Crippen LogP contribution is -2.43.